The molecule has 0 aliphatic carbocycles. The molecule has 0 fully saturated rings. The number of alkyl halides is 2. The monoisotopic (exact) mass is 451 g/mol. The second-order valence-electron chi connectivity index (χ2n) is 6.23. The molecule has 0 aliphatic rings. The Kier molecular flexibility index (Phi) is 6.39. The highest BCUT2D eigenvalue weighted by molar-refractivity contribution is 7.18. The molecule has 0 bridgehead atoms. The summed E-state index contributed by atoms with van der Waals surface area (Å²) in [6.45, 7) is -1.52. The van der Waals surface area contributed by atoms with Crippen LogP contribution in [0.2, 0.25) is 0 Å². The molecule has 3 aromatic rings. The first-order valence-corrected chi connectivity index (χ1v) is 9.55. The molecule has 8 nitrogen and oxygen atoms in total. The number of carbonyl (C=O) groups excluding carboxylic acids is 2. The number of thiazole rings is 1. The summed E-state index contributed by atoms with van der Waals surface area (Å²) in [5.41, 5.74) is 11.8. The van der Waals surface area contributed by atoms with E-state index in [9.17, 15) is 22.8 Å². The van der Waals surface area contributed by atoms with Gasteiger partial charge in [-0.05, 0) is 37.3 Å². The number of aromatic nitrogens is 2. The lowest BCUT2D eigenvalue weighted by molar-refractivity contribution is -0.118. The van der Waals surface area contributed by atoms with E-state index in [4.69, 9.17) is 11.5 Å². The number of amides is 1. The summed E-state index contributed by atoms with van der Waals surface area (Å²) in [4.78, 5) is 33.9. The van der Waals surface area contributed by atoms with Crippen molar-refractivity contribution < 1.29 is 27.5 Å². The van der Waals surface area contributed by atoms with Crippen molar-refractivity contribution in [1.82, 2.24) is 9.97 Å². The number of ether oxygens (including phenoxy) is 1. The van der Waals surface area contributed by atoms with Gasteiger partial charge < -0.3 is 21.1 Å². The molecule has 2 heterocycles. The van der Waals surface area contributed by atoms with Crippen LogP contribution in [0.25, 0.3) is 0 Å². The van der Waals surface area contributed by atoms with E-state index in [-0.39, 0.29) is 27.3 Å². The van der Waals surface area contributed by atoms with Crippen molar-refractivity contribution in [2.24, 2.45) is 5.73 Å². The zero-order valence-corrected chi connectivity index (χ0v) is 16.8. The van der Waals surface area contributed by atoms with Crippen molar-refractivity contribution in [2.45, 2.75) is 19.6 Å². The van der Waals surface area contributed by atoms with Crippen LogP contribution in [-0.2, 0) is 4.79 Å². The molecule has 31 heavy (non-hydrogen) atoms. The molecule has 0 radical (unpaired) electrons. The van der Waals surface area contributed by atoms with Gasteiger partial charge in [0.25, 0.3) is 0 Å². The summed E-state index contributed by atoms with van der Waals surface area (Å²) < 4.78 is 42.0. The van der Waals surface area contributed by atoms with E-state index >= 15 is 0 Å². The van der Waals surface area contributed by atoms with Crippen LogP contribution in [0.5, 0.6) is 5.88 Å². The van der Waals surface area contributed by atoms with E-state index in [0.29, 0.717) is 5.69 Å². The standard InChI is InChI=1S/C19H16F3N5O3S/c1-9(17(24)29)27(12-5-3-11(20)4-6-12)19-26-16(23)15(31-19)14(28)10-2-7-13(25-8-10)30-18(21)22/h2-9,18H,23H2,1H3,(H2,24,29). The maximum Gasteiger partial charge on any atom is 0.388 e. The fourth-order valence-corrected chi connectivity index (χ4v) is 3.67. The predicted molar refractivity (Wildman–Crippen MR) is 108 cm³/mol. The number of hydrogen-bond acceptors (Lipinski definition) is 8. The summed E-state index contributed by atoms with van der Waals surface area (Å²) in [6.07, 6.45) is 1.07. The Hall–Kier alpha value is -3.67. The molecule has 1 amide bonds. The van der Waals surface area contributed by atoms with Gasteiger partial charge in [-0.3, -0.25) is 9.59 Å². The molecule has 0 aliphatic heterocycles. The summed E-state index contributed by atoms with van der Waals surface area (Å²) in [5.74, 6) is -2.16. The molecule has 4 N–H and O–H groups in total. The van der Waals surface area contributed by atoms with Gasteiger partial charge >= 0.3 is 6.61 Å². The predicted octanol–water partition coefficient (Wildman–Crippen LogP) is 3.10. The van der Waals surface area contributed by atoms with Gasteiger partial charge in [-0.15, -0.1) is 0 Å². The van der Waals surface area contributed by atoms with E-state index in [2.05, 4.69) is 14.7 Å². The van der Waals surface area contributed by atoms with E-state index < -0.39 is 30.2 Å². The van der Waals surface area contributed by atoms with Crippen LogP contribution in [0.4, 0.5) is 29.8 Å². The Morgan fingerprint density at radius 2 is 1.84 bits per heavy atom. The summed E-state index contributed by atoms with van der Waals surface area (Å²) >= 11 is 0.890. The second kappa shape index (κ2) is 9.00. The van der Waals surface area contributed by atoms with Crippen LogP contribution in [0.3, 0.4) is 0 Å². The van der Waals surface area contributed by atoms with Gasteiger partial charge in [-0.2, -0.15) is 8.78 Å². The summed E-state index contributed by atoms with van der Waals surface area (Å²) in [7, 11) is 0. The zero-order chi connectivity index (χ0) is 22.7. The Morgan fingerprint density at radius 3 is 2.39 bits per heavy atom. The van der Waals surface area contributed by atoms with Gasteiger partial charge in [0.1, 0.15) is 22.6 Å². The van der Waals surface area contributed by atoms with Crippen LogP contribution >= 0.6 is 11.3 Å². The fourth-order valence-electron chi connectivity index (χ4n) is 2.62. The Morgan fingerprint density at radius 1 is 1.16 bits per heavy atom. The molecule has 0 saturated carbocycles. The molecule has 0 spiro atoms. The number of nitrogens with zero attached hydrogens (tertiary/aromatic N) is 3. The van der Waals surface area contributed by atoms with Crippen LogP contribution < -0.4 is 21.1 Å². The lowest BCUT2D eigenvalue weighted by Crippen LogP contribution is -2.39. The number of primary amides is 1. The Balaban J connectivity index is 1.95. The molecule has 0 saturated heterocycles. The third kappa shape index (κ3) is 4.91. The van der Waals surface area contributed by atoms with Gasteiger partial charge in [0.2, 0.25) is 17.6 Å². The van der Waals surface area contributed by atoms with Gasteiger partial charge in [0.15, 0.2) is 5.13 Å². The maximum absolute atomic E-state index is 13.3. The summed E-state index contributed by atoms with van der Waals surface area (Å²) in [5, 5.41) is 0.185. The SMILES string of the molecule is CC(C(N)=O)N(c1ccc(F)cc1)c1nc(N)c(C(=O)c2ccc(OC(F)F)nc2)s1. The van der Waals surface area contributed by atoms with Crippen LogP contribution in [0.1, 0.15) is 22.2 Å². The molecule has 1 aromatic carbocycles. The minimum Gasteiger partial charge on any atom is -0.417 e. The number of benzene rings is 1. The largest absolute Gasteiger partial charge is 0.417 e. The van der Waals surface area contributed by atoms with E-state index in [1.54, 1.807) is 0 Å². The number of carbonyl (C=O) groups is 2. The van der Waals surface area contributed by atoms with Gasteiger partial charge in [0.05, 0.1) is 0 Å². The van der Waals surface area contributed by atoms with Crippen LogP contribution in [-0.4, -0.2) is 34.3 Å². The topological polar surface area (TPSA) is 124 Å². The summed E-state index contributed by atoms with van der Waals surface area (Å²) in [6, 6.07) is 6.76. The molecular weight excluding hydrogens is 435 g/mol. The third-order valence-corrected chi connectivity index (χ3v) is 5.24. The second-order valence-corrected chi connectivity index (χ2v) is 7.21. The first kappa shape index (κ1) is 22.0. The van der Waals surface area contributed by atoms with E-state index in [1.165, 1.54) is 42.2 Å². The van der Waals surface area contributed by atoms with Crippen LogP contribution in [0, 0.1) is 5.82 Å². The Bertz CT molecular complexity index is 1090. The molecule has 1 atom stereocenters. The maximum atomic E-state index is 13.3. The normalized spacial score (nSPS) is 11.9. The van der Waals surface area contributed by atoms with E-state index in [0.717, 1.165) is 23.6 Å². The number of nitrogen functional groups attached to an aromatic ring is 1. The molecule has 12 heteroatoms. The first-order valence-electron chi connectivity index (χ1n) is 8.73. The van der Waals surface area contributed by atoms with Crippen molar-refractivity contribution in [3.63, 3.8) is 0 Å². The smallest absolute Gasteiger partial charge is 0.388 e. The number of pyridine rings is 1. The molecule has 1 unspecified atom stereocenters. The fraction of sp³-hybridized carbons (Fsp3) is 0.158. The minimum atomic E-state index is -3.04. The lowest BCUT2D eigenvalue weighted by atomic mass is 10.1. The van der Waals surface area contributed by atoms with Crippen LogP contribution in [0.15, 0.2) is 42.6 Å². The van der Waals surface area contributed by atoms with Gasteiger partial charge in [-0.1, -0.05) is 11.3 Å². The highest BCUT2D eigenvalue weighted by Gasteiger charge is 2.27. The van der Waals surface area contributed by atoms with Crippen molar-refractivity contribution >= 4 is 39.7 Å². The number of rotatable bonds is 8. The quantitative estimate of drug-likeness (QED) is 0.504. The van der Waals surface area contributed by atoms with Crippen molar-refractivity contribution in [3.8, 4) is 5.88 Å². The molecule has 3 rings (SSSR count). The molecular formula is C19H16F3N5O3S. The van der Waals surface area contributed by atoms with Crippen molar-refractivity contribution in [2.75, 3.05) is 10.6 Å². The molecule has 162 valence electrons. The van der Waals surface area contributed by atoms with Crippen molar-refractivity contribution in [1.29, 1.82) is 0 Å². The number of ketones is 1. The molecule has 2 aromatic heterocycles. The van der Waals surface area contributed by atoms with Gasteiger partial charge in [0, 0.05) is 23.5 Å². The highest BCUT2D eigenvalue weighted by atomic mass is 32.1. The number of hydrogen-bond donors (Lipinski definition) is 2. The zero-order valence-electron chi connectivity index (χ0n) is 16.0. The van der Waals surface area contributed by atoms with Gasteiger partial charge in [-0.25, -0.2) is 14.4 Å². The third-order valence-electron chi connectivity index (χ3n) is 4.17. The minimum absolute atomic E-state index is 0.0445. The highest BCUT2D eigenvalue weighted by Crippen LogP contribution is 2.36. The Labute approximate surface area is 178 Å². The average molecular weight is 451 g/mol. The lowest BCUT2D eigenvalue weighted by Gasteiger charge is -2.26. The number of nitrogens with two attached hydrogens (primary N) is 2. The number of anilines is 3. The first-order chi connectivity index (χ1) is 14.7. The van der Waals surface area contributed by atoms with Crippen molar-refractivity contribution in [3.05, 3.63) is 58.9 Å². The van der Waals surface area contributed by atoms with E-state index in [1.807, 2.05) is 0 Å². The number of halogens is 3. The average Bonchev–Trinajstić information content (AvgIpc) is 3.10.